The number of hydrogen-bond acceptors (Lipinski definition) is 5. The zero-order chi connectivity index (χ0) is 18.9. The molecule has 6 heteroatoms. The first kappa shape index (κ1) is 18.7. The van der Waals surface area contributed by atoms with Gasteiger partial charge in [0.2, 0.25) is 5.60 Å². The van der Waals surface area contributed by atoms with E-state index in [2.05, 4.69) is 11.5 Å². The third-order valence-electron chi connectivity index (χ3n) is 5.30. The zero-order valence-electron chi connectivity index (χ0n) is 16.0. The van der Waals surface area contributed by atoms with Crippen molar-refractivity contribution in [3.05, 3.63) is 23.8 Å². The van der Waals surface area contributed by atoms with Gasteiger partial charge in [0, 0.05) is 19.8 Å². The van der Waals surface area contributed by atoms with Crippen LogP contribution in [-0.2, 0) is 16.0 Å². The molecule has 0 aliphatic carbocycles. The lowest BCUT2D eigenvalue weighted by Gasteiger charge is -2.33. The predicted octanol–water partition coefficient (Wildman–Crippen LogP) is 1.95. The third-order valence-corrected chi connectivity index (χ3v) is 5.30. The van der Waals surface area contributed by atoms with Crippen molar-refractivity contribution in [2.24, 2.45) is 0 Å². The number of aliphatic hydroxyl groups is 1. The average Bonchev–Trinajstić information content (AvgIpc) is 2.61. The monoisotopic (exact) mass is 362 g/mol. The summed E-state index contributed by atoms with van der Waals surface area (Å²) in [6.45, 7) is 7.58. The summed E-state index contributed by atoms with van der Waals surface area (Å²) in [6.07, 6.45) is 2.39. The molecule has 2 aliphatic rings. The number of ether oxygens (including phenoxy) is 3. The van der Waals surface area contributed by atoms with Gasteiger partial charge in [-0.1, -0.05) is 6.07 Å². The lowest BCUT2D eigenvalue weighted by molar-refractivity contribution is -0.547. The molecule has 0 radical (unpaired) electrons. The topological polar surface area (TPSA) is 68.0 Å². The molecule has 1 unspecified atom stereocenters. The van der Waals surface area contributed by atoms with Gasteiger partial charge in [-0.25, -0.2) is 9.37 Å². The highest BCUT2D eigenvalue weighted by molar-refractivity contribution is 5.81. The van der Waals surface area contributed by atoms with Gasteiger partial charge in [0.25, 0.3) is 0 Å². The summed E-state index contributed by atoms with van der Waals surface area (Å²) in [7, 11) is 1.34. The van der Waals surface area contributed by atoms with Crippen LogP contribution in [0.1, 0.15) is 39.2 Å². The van der Waals surface area contributed by atoms with E-state index in [1.165, 1.54) is 12.8 Å². The lowest BCUT2D eigenvalue weighted by atomic mass is 9.94. The van der Waals surface area contributed by atoms with E-state index in [0.29, 0.717) is 11.5 Å². The molecule has 1 aromatic rings. The molecule has 26 heavy (non-hydrogen) atoms. The first-order valence-electron chi connectivity index (χ1n) is 9.05. The molecule has 1 saturated heterocycles. The third kappa shape index (κ3) is 3.85. The summed E-state index contributed by atoms with van der Waals surface area (Å²) in [5, 5.41) is 10.1. The van der Waals surface area contributed by atoms with Crippen molar-refractivity contribution >= 4 is 11.7 Å². The van der Waals surface area contributed by atoms with Crippen LogP contribution in [-0.4, -0.2) is 59.4 Å². The first-order chi connectivity index (χ1) is 12.2. The molecular formula is C20H28NO5+. The molecule has 0 bridgehead atoms. The van der Waals surface area contributed by atoms with Crippen molar-refractivity contribution in [2.45, 2.75) is 51.2 Å². The van der Waals surface area contributed by atoms with E-state index in [1.807, 2.05) is 25.1 Å². The molecule has 0 amide bonds. The Hall–Kier alpha value is -2.08. The van der Waals surface area contributed by atoms with Gasteiger partial charge in [-0.15, -0.1) is 0 Å². The average molecular weight is 362 g/mol. The number of carbonyl (C=O) groups excluding carboxylic acids is 1. The Labute approximate surface area is 154 Å². The minimum atomic E-state index is -1.12. The summed E-state index contributed by atoms with van der Waals surface area (Å²) in [6, 6.07) is 5.81. The molecule has 1 atom stereocenters. The normalized spacial score (nSPS) is 27.8. The molecule has 142 valence electrons. The van der Waals surface area contributed by atoms with Crippen LogP contribution in [0.15, 0.2) is 18.2 Å². The maximum atomic E-state index is 11.9. The zero-order valence-corrected chi connectivity index (χ0v) is 16.0. The van der Waals surface area contributed by atoms with Crippen molar-refractivity contribution in [2.75, 3.05) is 26.8 Å². The Bertz CT molecular complexity index is 728. The van der Waals surface area contributed by atoms with E-state index in [1.54, 1.807) is 6.92 Å². The quantitative estimate of drug-likeness (QED) is 0.658. The Morgan fingerprint density at radius 2 is 1.96 bits per heavy atom. The van der Waals surface area contributed by atoms with Crippen molar-refractivity contribution < 1.29 is 28.7 Å². The summed E-state index contributed by atoms with van der Waals surface area (Å²) in [4.78, 5) is 11.9. The number of nitrogens with zero attached hydrogens (tertiary/aromatic N) is 1. The summed E-state index contributed by atoms with van der Waals surface area (Å²) in [5.41, 5.74) is 0.747. The van der Waals surface area contributed by atoms with Crippen LogP contribution in [0.4, 0.5) is 0 Å². The summed E-state index contributed by atoms with van der Waals surface area (Å²) >= 11 is 0. The van der Waals surface area contributed by atoms with Crippen LogP contribution in [0.2, 0.25) is 0 Å². The molecule has 1 N–H and O–H groups in total. The summed E-state index contributed by atoms with van der Waals surface area (Å²) in [5.74, 6) is 0.759. The van der Waals surface area contributed by atoms with Gasteiger partial charge in [0.15, 0.2) is 17.2 Å². The molecular weight excluding hydrogens is 334 g/mol. The number of benzene rings is 1. The SMILES string of the molecule is COC(=O)C1(C)COc2cc(CC(C)=[N+]3CCC(C)(O)CC3)ccc2O1. The first-order valence-corrected chi connectivity index (χ1v) is 9.05. The van der Waals surface area contributed by atoms with Crippen LogP contribution in [0, 0.1) is 0 Å². The van der Waals surface area contributed by atoms with Crippen molar-refractivity contribution in [1.82, 2.24) is 0 Å². The number of esters is 1. The maximum Gasteiger partial charge on any atom is 0.353 e. The van der Waals surface area contributed by atoms with Crippen LogP contribution in [0.3, 0.4) is 0 Å². The molecule has 2 aliphatic heterocycles. The van der Waals surface area contributed by atoms with E-state index in [-0.39, 0.29) is 6.61 Å². The predicted molar refractivity (Wildman–Crippen MR) is 97.2 cm³/mol. The van der Waals surface area contributed by atoms with Gasteiger partial charge in [0.05, 0.1) is 19.1 Å². The van der Waals surface area contributed by atoms with Crippen LogP contribution >= 0.6 is 0 Å². The smallest absolute Gasteiger partial charge is 0.353 e. The molecule has 3 rings (SSSR count). The molecule has 0 saturated carbocycles. The number of piperidine rings is 1. The van der Waals surface area contributed by atoms with Crippen molar-refractivity contribution in [3.8, 4) is 11.5 Å². The molecule has 2 heterocycles. The molecule has 0 aromatic heterocycles. The van der Waals surface area contributed by atoms with E-state index >= 15 is 0 Å². The molecule has 0 spiro atoms. The van der Waals surface area contributed by atoms with Gasteiger partial charge in [-0.05, 0) is 31.5 Å². The fourth-order valence-corrected chi connectivity index (χ4v) is 3.44. The second kappa shape index (κ2) is 6.91. The standard InChI is InChI=1S/C20H28NO5/c1-14(21-9-7-19(2,23)8-10-21)11-15-5-6-16-17(12-15)25-13-20(3,26-16)18(22)24-4/h5-6,12,23H,7-11,13H2,1-4H3/q+1. The van der Waals surface area contributed by atoms with E-state index in [9.17, 15) is 9.90 Å². The Morgan fingerprint density at radius 1 is 1.27 bits per heavy atom. The fraction of sp³-hybridized carbons (Fsp3) is 0.600. The highest BCUT2D eigenvalue weighted by Crippen LogP contribution is 2.36. The maximum absolute atomic E-state index is 11.9. The second-order valence-electron chi connectivity index (χ2n) is 7.79. The minimum Gasteiger partial charge on any atom is -0.485 e. The number of rotatable bonds is 3. The second-order valence-corrected chi connectivity index (χ2v) is 7.79. The Kier molecular flexibility index (Phi) is 4.97. The number of hydrogen-bond donors (Lipinski definition) is 1. The number of fused-ring (bicyclic) bond motifs is 1. The van der Waals surface area contributed by atoms with E-state index in [0.717, 1.165) is 37.9 Å². The van der Waals surface area contributed by atoms with Crippen molar-refractivity contribution in [3.63, 3.8) is 0 Å². The molecule has 6 nitrogen and oxygen atoms in total. The number of carbonyl (C=O) groups is 1. The highest BCUT2D eigenvalue weighted by atomic mass is 16.6. The van der Waals surface area contributed by atoms with Gasteiger partial charge in [-0.2, -0.15) is 0 Å². The Balaban J connectivity index is 1.72. The van der Waals surface area contributed by atoms with E-state index in [4.69, 9.17) is 14.2 Å². The fourth-order valence-electron chi connectivity index (χ4n) is 3.44. The van der Waals surface area contributed by atoms with Gasteiger partial charge < -0.3 is 19.3 Å². The minimum absolute atomic E-state index is 0.125. The van der Waals surface area contributed by atoms with Gasteiger partial charge in [-0.3, -0.25) is 0 Å². The molecule has 1 aromatic carbocycles. The van der Waals surface area contributed by atoms with Gasteiger partial charge >= 0.3 is 5.97 Å². The van der Waals surface area contributed by atoms with Crippen molar-refractivity contribution in [1.29, 1.82) is 0 Å². The van der Waals surface area contributed by atoms with Crippen LogP contribution in [0.25, 0.3) is 0 Å². The Morgan fingerprint density at radius 3 is 2.62 bits per heavy atom. The van der Waals surface area contributed by atoms with Crippen LogP contribution < -0.4 is 9.47 Å². The summed E-state index contributed by atoms with van der Waals surface area (Å²) < 4.78 is 18.7. The van der Waals surface area contributed by atoms with Crippen LogP contribution in [0.5, 0.6) is 11.5 Å². The molecule has 1 fully saturated rings. The highest BCUT2D eigenvalue weighted by Gasteiger charge is 2.42. The largest absolute Gasteiger partial charge is 0.485 e. The number of methoxy groups -OCH3 is 1. The van der Waals surface area contributed by atoms with Gasteiger partial charge in [0.1, 0.15) is 19.7 Å². The lowest BCUT2D eigenvalue weighted by Crippen LogP contribution is -2.49. The van der Waals surface area contributed by atoms with E-state index < -0.39 is 17.2 Å².